The van der Waals surface area contributed by atoms with Crippen molar-refractivity contribution in [2.45, 2.75) is 0 Å². The van der Waals surface area contributed by atoms with E-state index < -0.39 is 0 Å². The number of nitrogens with one attached hydrogen (secondary N) is 1. The number of para-hydroxylation sites is 1. The van der Waals surface area contributed by atoms with E-state index in [4.69, 9.17) is 0 Å². The fraction of sp³-hybridized carbons (Fsp3) is 0. The van der Waals surface area contributed by atoms with E-state index >= 15 is 0 Å². The molecule has 2 N–H and O–H groups in total. The van der Waals surface area contributed by atoms with Gasteiger partial charge in [-0.1, -0.05) is 23.5 Å². The number of hydrogen-bond donors (Lipinski definition) is 2. The largest absolute Gasteiger partial charge is 0.508 e. The van der Waals surface area contributed by atoms with E-state index in [-0.39, 0.29) is 5.75 Å². The Labute approximate surface area is 114 Å². The molecular weight excluding hydrogens is 258 g/mol. The van der Waals surface area contributed by atoms with E-state index in [1.807, 2.05) is 24.3 Å². The van der Waals surface area contributed by atoms with Gasteiger partial charge in [0.15, 0.2) is 0 Å². The van der Waals surface area contributed by atoms with Crippen LogP contribution in [0.5, 0.6) is 5.75 Å². The normalized spacial score (nSPS) is 11.2. The van der Waals surface area contributed by atoms with Gasteiger partial charge in [-0.05, 0) is 42.0 Å². The molecule has 3 aromatic rings. The van der Waals surface area contributed by atoms with Crippen LogP contribution in [0.25, 0.3) is 10.2 Å². The van der Waals surface area contributed by atoms with Gasteiger partial charge in [0.25, 0.3) is 0 Å². The maximum Gasteiger partial charge on any atom is 0.204 e. The molecule has 0 fully saturated rings. The lowest BCUT2D eigenvalue weighted by molar-refractivity contribution is 0.475. The van der Waals surface area contributed by atoms with Gasteiger partial charge >= 0.3 is 0 Å². The van der Waals surface area contributed by atoms with Gasteiger partial charge in [-0.2, -0.15) is 5.10 Å². The van der Waals surface area contributed by atoms with E-state index in [0.29, 0.717) is 0 Å². The predicted molar refractivity (Wildman–Crippen MR) is 78.9 cm³/mol. The molecule has 0 aliphatic rings. The van der Waals surface area contributed by atoms with Gasteiger partial charge in [0, 0.05) is 0 Å². The summed E-state index contributed by atoms with van der Waals surface area (Å²) in [5.74, 6) is 0.247. The lowest BCUT2D eigenvalue weighted by atomic mass is 10.2. The molecule has 0 atom stereocenters. The molecule has 5 heteroatoms. The van der Waals surface area contributed by atoms with Gasteiger partial charge in [0.1, 0.15) is 5.75 Å². The van der Waals surface area contributed by atoms with E-state index in [9.17, 15) is 5.11 Å². The summed E-state index contributed by atoms with van der Waals surface area (Å²) >= 11 is 1.56. The van der Waals surface area contributed by atoms with Crippen molar-refractivity contribution >= 4 is 32.9 Å². The van der Waals surface area contributed by atoms with Crippen LogP contribution >= 0.6 is 11.3 Å². The summed E-state index contributed by atoms with van der Waals surface area (Å²) in [5, 5.41) is 14.1. The number of anilines is 1. The van der Waals surface area contributed by atoms with E-state index in [2.05, 4.69) is 15.5 Å². The van der Waals surface area contributed by atoms with Crippen molar-refractivity contribution in [2.24, 2.45) is 5.10 Å². The second kappa shape index (κ2) is 5.07. The maximum absolute atomic E-state index is 9.17. The predicted octanol–water partition coefficient (Wildman–Crippen LogP) is 3.45. The number of aromatic hydroxyl groups is 1. The standard InChI is InChI=1S/C14H11N3OS/c18-11-7-5-10(6-8-11)9-15-17-14-16-12-3-1-2-4-13(12)19-14/h1-9,18H,(H,16,17)/b15-9-. The first-order chi connectivity index (χ1) is 9.31. The average Bonchev–Trinajstić information content (AvgIpc) is 2.83. The fourth-order valence-electron chi connectivity index (χ4n) is 1.64. The second-order valence-electron chi connectivity index (χ2n) is 3.95. The third kappa shape index (κ3) is 2.71. The molecule has 1 aromatic heterocycles. The minimum absolute atomic E-state index is 0.247. The summed E-state index contributed by atoms with van der Waals surface area (Å²) in [7, 11) is 0. The fourth-order valence-corrected chi connectivity index (χ4v) is 2.46. The highest BCUT2D eigenvalue weighted by molar-refractivity contribution is 7.22. The average molecular weight is 269 g/mol. The first-order valence-electron chi connectivity index (χ1n) is 5.75. The molecule has 0 saturated heterocycles. The molecule has 0 saturated carbocycles. The Morgan fingerprint density at radius 3 is 2.68 bits per heavy atom. The Kier molecular flexibility index (Phi) is 3.12. The molecule has 2 aromatic carbocycles. The molecule has 0 spiro atoms. The summed E-state index contributed by atoms with van der Waals surface area (Å²) < 4.78 is 1.13. The van der Waals surface area contributed by atoms with Gasteiger partial charge < -0.3 is 5.11 Å². The van der Waals surface area contributed by atoms with Gasteiger partial charge in [-0.25, -0.2) is 4.98 Å². The number of fused-ring (bicyclic) bond motifs is 1. The number of thiazole rings is 1. The molecule has 0 bridgehead atoms. The highest BCUT2D eigenvalue weighted by Crippen LogP contribution is 2.25. The molecule has 19 heavy (non-hydrogen) atoms. The van der Waals surface area contributed by atoms with Crippen molar-refractivity contribution in [1.29, 1.82) is 0 Å². The number of hydrazone groups is 1. The number of benzene rings is 2. The number of phenols is 1. The van der Waals surface area contributed by atoms with Gasteiger partial charge in [0.2, 0.25) is 5.13 Å². The summed E-state index contributed by atoms with van der Waals surface area (Å²) in [6.45, 7) is 0. The molecule has 0 unspecified atom stereocenters. The molecule has 1 heterocycles. The van der Waals surface area contributed by atoms with Crippen LogP contribution in [-0.4, -0.2) is 16.3 Å². The number of phenolic OH excluding ortho intramolecular Hbond substituents is 1. The topological polar surface area (TPSA) is 57.5 Å². The van der Waals surface area contributed by atoms with Gasteiger partial charge in [-0.15, -0.1) is 0 Å². The first-order valence-corrected chi connectivity index (χ1v) is 6.56. The number of hydrogen-bond acceptors (Lipinski definition) is 5. The number of nitrogens with zero attached hydrogens (tertiary/aromatic N) is 2. The van der Waals surface area contributed by atoms with E-state index in [1.54, 1.807) is 41.8 Å². The Hall–Kier alpha value is -2.40. The van der Waals surface area contributed by atoms with Crippen molar-refractivity contribution in [3.63, 3.8) is 0 Å². The van der Waals surface area contributed by atoms with Gasteiger partial charge in [-0.3, -0.25) is 5.43 Å². The third-order valence-electron chi connectivity index (χ3n) is 2.56. The van der Waals surface area contributed by atoms with Crippen LogP contribution in [-0.2, 0) is 0 Å². The Bertz CT molecular complexity index is 686. The molecule has 0 radical (unpaired) electrons. The van der Waals surface area contributed by atoms with Crippen molar-refractivity contribution in [3.8, 4) is 5.75 Å². The molecule has 4 nitrogen and oxygen atoms in total. The van der Waals surface area contributed by atoms with Crippen molar-refractivity contribution in [2.75, 3.05) is 5.43 Å². The molecule has 0 aliphatic heterocycles. The second-order valence-corrected chi connectivity index (χ2v) is 4.98. The summed E-state index contributed by atoms with van der Waals surface area (Å²) in [4.78, 5) is 4.41. The minimum atomic E-state index is 0.247. The van der Waals surface area contributed by atoms with Crippen LogP contribution in [0.1, 0.15) is 5.56 Å². The van der Waals surface area contributed by atoms with Crippen molar-refractivity contribution < 1.29 is 5.11 Å². The Balaban J connectivity index is 1.73. The number of rotatable bonds is 3. The summed E-state index contributed by atoms with van der Waals surface area (Å²) in [6.07, 6.45) is 1.69. The minimum Gasteiger partial charge on any atom is -0.508 e. The Morgan fingerprint density at radius 2 is 1.89 bits per heavy atom. The smallest absolute Gasteiger partial charge is 0.204 e. The van der Waals surface area contributed by atoms with E-state index in [0.717, 1.165) is 20.9 Å². The van der Waals surface area contributed by atoms with Crippen molar-refractivity contribution in [1.82, 2.24) is 4.98 Å². The van der Waals surface area contributed by atoms with Crippen LogP contribution in [0, 0.1) is 0 Å². The van der Waals surface area contributed by atoms with Crippen LogP contribution < -0.4 is 5.43 Å². The van der Waals surface area contributed by atoms with E-state index in [1.165, 1.54) is 0 Å². The Morgan fingerprint density at radius 1 is 1.11 bits per heavy atom. The zero-order chi connectivity index (χ0) is 13.1. The zero-order valence-electron chi connectivity index (χ0n) is 9.95. The highest BCUT2D eigenvalue weighted by atomic mass is 32.1. The van der Waals surface area contributed by atoms with Crippen LogP contribution in [0.3, 0.4) is 0 Å². The molecule has 0 aliphatic carbocycles. The molecule has 0 amide bonds. The molecule has 3 rings (SSSR count). The SMILES string of the molecule is Oc1ccc(/C=N\Nc2nc3ccccc3s2)cc1. The molecular formula is C14H11N3OS. The maximum atomic E-state index is 9.17. The lowest BCUT2D eigenvalue weighted by Crippen LogP contribution is -1.89. The highest BCUT2D eigenvalue weighted by Gasteiger charge is 2.00. The monoisotopic (exact) mass is 269 g/mol. The van der Waals surface area contributed by atoms with Crippen LogP contribution in [0.2, 0.25) is 0 Å². The number of aromatic nitrogens is 1. The van der Waals surface area contributed by atoms with Crippen molar-refractivity contribution in [3.05, 3.63) is 54.1 Å². The lowest BCUT2D eigenvalue weighted by Gasteiger charge is -1.94. The quantitative estimate of drug-likeness (QED) is 0.565. The van der Waals surface area contributed by atoms with Crippen LogP contribution in [0.4, 0.5) is 5.13 Å². The van der Waals surface area contributed by atoms with Crippen LogP contribution in [0.15, 0.2) is 53.6 Å². The summed E-state index contributed by atoms with van der Waals surface area (Å²) in [5.41, 5.74) is 4.79. The zero-order valence-corrected chi connectivity index (χ0v) is 10.8. The third-order valence-corrected chi connectivity index (χ3v) is 3.50. The first kappa shape index (κ1) is 11.7. The summed E-state index contributed by atoms with van der Waals surface area (Å²) in [6, 6.07) is 14.8. The molecule has 94 valence electrons. The van der Waals surface area contributed by atoms with Gasteiger partial charge in [0.05, 0.1) is 16.4 Å².